The zero-order valence-corrected chi connectivity index (χ0v) is 13.1. The fraction of sp³-hybridized carbons (Fsp3) is 0.571. The van der Waals surface area contributed by atoms with Gasteiger partial charge < -0.3 is 0 Å². The number of rotatable bonds is 2. The Morgan fingerprint density at radius 2 is 1.84 bits per heavy atom. The highest BCUT2D eigenvalue weighted by atomic mass is 32.2. The molecule has 1 heterocycles. The molecule has 0 aromatic heterocycles. The molecule has 1 aliphatic heterocycles. The summed E-state index contributed by atoms with van der Waals surface area (Å²) in [7, 11) is -0.253. The fourth-order valence-electron chi connectivity index (χ4n) is 2.45. The molecule has 0 unspecified atom stereocenters. The van der Waals surface area contributed by atoms with Crippen molar-refractivity contribution in [3.05, 3.63) is 29.3 Å². The van der Waals surface area contributed by atoms with Gasteiger partial charge in [0.25, 0.3) is 0 Å². The number of benzene rings is 1. The summed E-state index contributed by atoms with van der Waals surface area (Å²) in [6, 6.07) is 6.07. The van der Waals surface area contributed by atoms with E-state index in [1.165, 1.54) is 4.31 Å². The molecule has 0 atom stereocenters. The zero-order chi connectivity index (χ0) is 14.4. The third kappa shape index (κ3) is 2.37. The molecule has 4 nitrogen and oxygen atoms in total. The summed E-state index contributed by atoms with van der Waals surface area (Å²) >= 11 is 0. The van der Waals surface area contributed by atoms with Crippen molar-refractivity contribution in [2.75, 3.05) is 24.9 Å². The van der Waals surface area contributed by atoms with Crippen molar-refractivity contribution in [2.24, 2.45) is 0 Å². The standard InChI is InChI=1S/C14H22N2O2S/c1-14(2,3)12-8-6-7-11-9-10-16(13(11)12)19(17,18)15(4)5/h6-8H,9-10H2,1-5H3. The van der Waals surface area contributed by atoms with Gasteiger partial charge >= 0.3 is 10.2 Å². The Morgan fingerprint density at radius 3 is 2.37 bits per heavy atom. The summed E-state index contributed by atoms with van der Waals surface area (Å²) < 4.78 is 27.7. The van der Waals surface area contributed by atoms with Gasteiger partial charge in [-0.3, -0.25) is 4.31 Å². The van der Waals surface area contributed by atoms with Crippen LogP contribution in [0, 0.1) is 0 Å². The average Bonchev–Trinajstić information content (AvgIpc) is 2.70. The second kappa shape index (κ2) is 4.49. The average molecular weight is 282 g/mol. The Morgan fingerprint density at radius 1 is 1.21 bits per heavy atom. The number of hydrogen-bond acceptors (Lipinski definition) is 2. The Balaban J connectivity index is 2.62. The van der Waals surface area contributed by atoms with E-state index in [1.807, 2.05) is 18.2 Å². The lowest BCUT2D eigenvalue weighted by Crippen LogP contribution is -2.39. The van der Waals surface area contributed by atoms with Crippen LogP contribution < -0.4 is 4.31 Å². The van der Waals surface area contributed by atoms with Crippen molar-refractivity contribution in [1.82, 2.24) is 4.31 Å². The topological polar surface area (TPSA) is 40.6 Å². The zero-order valence-electron chi connectivity index (χ0n) is 12.3. The highest BCUT2D eigenvalue weighted by Gasteiger charge is 2.35. The van der Waals surface area contributed by atoms with Crippen LogP contribution in [0.3, 0.4) is 0 Å². The molecule has 0 amide bonds. The minimum atomic E-state index is -3.41. The van der Waals surface area contributed by atoms with Crippen LogP contribution in [0.4, 0.5) is 5.69 Å². The maximum absolute atomic E-state index is 12.4. The van der Waals surface area contributed by atoms with Gasteiger partial charge in [0.1, 0.15) is 0 Å². The number of para-hydroxylation sites is 1. The maximum Gasteiger partial charge on any atom is 0.303 e. The van der Waals surface area contributed by atoms with Crippen molar-refractivity contribution < 1.29 is 8.42 Å². The first-order valence-electron chi connectivity index (χ1n) is 6.48. The van der Waals surface area contributed by atoms with Crippen LogP contribution in [0.2, 0.25) is 0 Å². The van der Waals surface area contributed by atoms with Crippen LogP contribution >= 0.6 is 0 Å². The van der Waals surface area contributed by atoms with Gasteiger partial charge in [-0.1, -0.05) is 39.0 Å². The van der Waals surface area contributed by atoms with Crippen LogP contribution in [-0.4, -0.2) is 33.4 Å². The Kier molecular flexibility index (Phi) is 3.39. The van der Waals surface area contributed by atoms with Gasteiger partial charge in [-0.2, -0.15) is 12.7 Å². The van der Waals surface area contributed by atoms with Crippen molar-refractivity contribution in [2.45, 2.75) is 32.6 Å². The highest BCUT2D eigenvalue weighted by Crippen LogP contribution is 2.40. The Bertz CT molecular complexity index is 586. The van der Waals surface area contributed by atoms with Crippen molar-refractivity contribution in [1.29, 1.82) is 0 Å². The summed E-state index contributed by atoms with van der Waals surface area (Å²) in [4.78, 5) is 0. The lowest BCUT2D eigenvalue weighted by Gasteiger charge is -2.29. The van der Waals surface area contributed by atoms with E-state index in [9.17, 15) is 8.42 Å². The molecule has 2 rings (SSSR count). The molecule has 19 heavy (non-hydrogen) atoms. The predicted molar refractivity (Wildman–Crippen MR) is 78.8 cm³/mol. The second-order valence-corrected chi connectivity index (χ2v) is 8.24. The molecule has 5 heteroatoms. The molecule has 0 saturated carbocycles. The third-order valence-electron chi connectivity index (χ3n) is 3.50. The summed E-state index contributed by atoms with van der Waals surface area (Å²) in [6.07, 6.45) is 0.784. The molecule has 0 bridgehead atoms. The maximum atomic E-state index is 12.4. The van der Waals surface area contributed by atoms with E-state index in [0.717, 1.165) is 23.2 Å². The Labute approximate surface area is 116 Å². The monoisotopic (exact) mass is 282 g/mol. The SMILES string of the molecule is CN(C)S(=O)(=O)N1CCc2cccc(C(C)(C)C)c21. The number of nitrogens with zero attached hydrogens (tertiary/aromatic N) is 2. The third-order valence-corrected chi connectivity index (χ3v) is 5.35. The molecule has 0 aliphatic carbocycles. The van der Waals surface area contributed by atoms with Crippen LogP contribution in [0.5, 0.6) is 0 Å². The van der Waals surface area contributed by atoms with E-state index in [2.05, 4.69) is 20.8 Å². The summed E-state index contributed by atoms with van der Waals surface area (Å²) in [5, 5.41) is 0. The van der Waals surface area contributed by atoms with Gasteiger partial charge in [-0.05, 0) is 23.0 Å². The Hall–Kier alpha value is -1.07. The second-order valence-electron chi connectivity index (χ2n) is 6.18. The highest BCUT2D eigenvalue weighted by molar-refractivity contribution is 7.90. The van der Waals surface area contributed by atoms with Gasteiger partial charge in [-0.15, -0.1) is 0 Å². The van der Waals surface area contributed by atoms with Gasteiger partial charge in [0.15, 0.2) is 0 Å². The first kappa shape index (κ1) is 14.3. The van der Waals surface area contributed by atoms with Crippen molar-refractivity contribution >= 4 is 15.9 Å². The smallest absolute Gasteiger partial charge is 0.257 e. The molecule has 0 saturated heterocycles. The van der Waals surface area contributed by atoms with Crippen LogP contribution in [0.25, 0.3) is 0 Å². The van der Waals surface area contributed by atoms with Gasteiger partial charge in [0.2, 0.25) is 0 Å². The van der Waals surface area contributed by atoms with E-state index < -0.39 is 10.2 Å². The molecular formula is C14H22N2O2S. The van der Waals surface area contributed by atoms with Crippen LogP contribution in [0.15, 0.2) is 18.2 Å². The molecule has 0 spiro atoms. The largest absolute Gasteiger partial charge is 0.303 e. The van der Waals surface area contributed by atoms with E-state index in [0.29, 0.717) is 6.54 Å². The van der Waals surface area contributed by atoms with E-state index in [-0.39, 0.29) is 5.41 Å². The van der Waals surface area contributed by atoms with Crippen LogP contribution in [-0.2, 0) is 22.0 Å². The number of fused-ring (bicyclic) bond motifs is 1. The summed E-state index contributed by atoms with van der Waals surface area (Å²) in [6.45, 7) is 6.87. The minimum absolute atomic E-state index is 0.0736. The summed E-state index contributed by atoms with van der Waals surface area (Å²) in [5.41, 5.74) is 3.02. The van der Waals surface area contributed by atoms with E-state index in [1.54, 1.807) is 18.4 Å². The molecule has 0 fully saturated rings. The number of anilines is 1. The van der Waals surface area contributed by atoms with Gasteiger partial charge in [0, 0.05) is 20.6 Å². The summed E-state index contributed by atoms with van der Waals surface area (Å²) in [5.74, 6) is 0. The normalized spacial score (nSPS) is 16.0. The predicted octanol–water partition coefficient (Wildman–Crippen LogP) is 2.15. The van der Waals surface area contributed by atoms with E-state index >= 15 is 0 Å². The quantitative estimate of drug-likeness (QED) is 0.834. The molecule has 1 aromatic rings. The van der Waals surface area contributed by atoms with Gasteiger partial charge in [-0.25, -0.2) is 0 Å². The van der Waals surface area contributed by atoms with Crippen molar-refractivity contribution in [3.63, 3.8) is 0 Å². The first-order chi connectivity index (χ1) is 8.65. The lowest BCUT2D eigenvalue weighted by molar-refractivity contribution is 0.516. The van der Waals surface area contributed by atoms with E-state index in [4.69, 9.17) is 0 Å². The minimum Gasteiger partial charge on any atom is -0.257 e. The molecule has 0 N–H and O–H groups in total. The fourth-order valence-corrected chi connectivity index (χ4v) is 3.62. The van der Waals surface area contributed by atoms with Crippen LogP contribution in [0.1, 0.15) is 31.9 Å². The first-order valence-corrected chi connectivity index (χ1v) is 7.88. The molecule has 0 radical (unpaired) electrons. The lowest BCUT2D eigenvalue weighted by atomic mass is 9.85. The van der Waals surface area contributed by atoms with Crippen molar-refractivity contribution in [3.8, 4) is 0 Å². The molecule has 106 valence electrons. The van der Waals surface area contributed by atoms with Gasteiger partial charge in [0.05, 0.1) is 5.69 Å². The molecule has 1 aromatic carbocycles. The number of hydrogen-bond donors (Lipinski definition) is 0. The molecule has 1 aliphatic rings. The molecular weight excluding hydrogens is 260 g/mol.